The number of anilines is 1. The van der Waals surface area contributed by atoms with Gasteiger partial charge in [-0.2, -0.15) is 5.10 Å². The van der Waals surface area contributed by atoms with E-state index in [1.807, 2.05) is 20.8 Å². The summed E-state index contributed by atoms with van der Waals surface area (Å²) in [6.45, 7) is 6.40. The molecule has 1 heterocycles. The van der Waals surface area contributed by atoms with E-state index >= 15 is 0 Å². The van der Waals surface area contributed by atoms with Gasteiger partial charge in [-0.05, 0) is 33.6 Å². The van der Waals surface area contributed by atoms with Gasteiger partial charge in [0, 0.05) is 17.8 Å². The summed E-state index contributed by atoms with van der Waals surface area (Å²) in [6.07, 6.45) is 5.32. The van der Waals surface area contributed by atoms with E-state index in [2.05, 4.69) is 21.0 Å². The van der Waals surface area contributed by atoms with Gasteiger partial charge >= 0.3 is 0 Å². The number of aromatic nitrogens is 2. The van der Waals surface area contributed by atoms with Gasteiger partial charge in [0.2, 0.25) is 11.8 Å². The van der Waals surface area contributed by atoms with Crippen LogP contribution in [0.2, 0.25) is 0 Å². The van der Waals surface area contributed by atoms with Crippen molar-refractivity contribution in [1.82, 2.24) is 20.4 Å². The van der Waals surface area contributed by atoms with Gasteiger partial charge in [0.15, 0.2) is 0 Å². The second kappa shape index (κ2) is 6.26. The molecule has 0 saturated heterocycles. The quantitative estimate of drug-likeness (QED) is 0.712. The third-order valence-electron chi connectivity index (χ3n) is 2.94. The van der Waals surface area contributed by atoms with Gasteiger partial charge in [0.05, 0.1) is 18.4 Å². The summed E-state index contributed by atoms with van der Waals surface area (Å²) < 4.78 is 1.52. The number of hydrogen-bond acceptors (Lipinski definition) is 4. The Morgan fingerprint density at radius 1 is 1.33 bits per heavy atom. The lowest BCUT2D eigenvalue weighted by atomic mass is 10.1. The molecule has 2 amide bonds. The molecule has 1 saturated carbocycles. The lowest BCUT2D eigenvalue weighted by molar-refractivity contribution is -0.122. The number of nitrogens with one attached hydrogen (secondary N) is 3. The monoisotopic (exact) mass is 293 g/mol. The highest BCUT2D eigenvalue weighted by Gasteiger charge is 2.23. The predicted molar refractivity (Wildman–Crippen MR) is 79.8 cm³/mol. The van der Waals surface area contributed by atoms with Crippen molar-refractivity contribution in [2.24, 2.45) is 0 Å². The largest absolute Gasteiger partial charge is 0.352 e. The van der Waals surface area contributed by atoms with Crippen molar-refractivity contribution in [3.63, 3.8) is 0 Å². The number of rotatable bonds is 6. The van der Waals surface area contributed by atoms with Gasteiger partial charge in [-0.15, -0.1) is 0 Å². The molecule has 7 nitrogen and oxygen atoms in total. The van der Waals surface area contributed by atoms with Crippen LogP contribution in [0.3, 0.4) is 0 Å². The molecule has 0 aliphatic heterocycles. The first-order chi connectivity index (χ1) is 9.82. The SMILES string of the molecule is CC(C)(C)NCC(=O)Nc1cnn(CC(=O)NC2CC2)c1. The average molecular weight is 293 g/mol. The van der Waals surface area contributed by atoms with Crippen molar-refractivity contribution in [2.75, 3.05) is 11.9 Å². The first-order valence-corrected chi connectivity index (χ1v) is 7.18. The van der Waals surface area contributed by atoms with E-state index in [-0.39, 0.29) is 30.4 Å². The van der Waals surface area contributed by atoms with Crippen LogP contribution in [-0.4, -0.2) is 39.7 Å². The van der Waals surface area contributed by atoms with Crippen molar-refractivity contribution >= 4 is 17.5 Å². The highest BCUT2D eigenvalue weighted by Crippen LogP contribution is 2.18. The molecule has 1 aliphatic rings. The standard InChI is InChI=1S/C14H23N5O2/c1-14(2,3)15-7-12(20)18-11-6-16-19(8-11)9-13(21)17-10-4-5-10/h6,8,10,15H,4-5,7,9H2,1-3H3,(H,17,21)(H,18,20). The minimum atomic E-state index is -0.132. The lowest BCUT2D eigenvalue weighted by Gasteiger charge is -2.19. The third-order valence-corrected chi connectivity index (χ3v) is 2.94. The summed E-state index contributed by atoms with van der Waals surface area (Å²) in [7, 11) is 0. The Balaban J connectivity index is 1.76. The Morgan fingerprint density at radius 3 is 2.67 bits per heavy atom. The molecule has 3 N–H and O–H groups in total. The molecule has 7 heteroatoms. The number of amides is 2. The number of hydrogen-bond donors (Lipinski definition) is 3. The highest BCUT2D eigenvalue weighted by molar-refractivity contribution is 5.92. The summed E-state index contributed by atoms with van der Waals surface area (Å²) in [6, 6.07) is 0.343. The third kappa shape index (κ3) is 5.95. The Hall–Kier alpha value is -1.89. The fourth-order valence-corrected chi connectivity index (χ4v) is 1.71. The van der Waals surface area contributed by atoms with Crippen LogP contribution < -0.4 is 16.0 Å². The molecule has 1 fully saturated rings. The topological polar surface area (TPSA) is 88.1 Å². The van der Waals surface area contributed by atoms with E-state index < -0.39 is 0 Å². The molecule has 0 aromatic carbocycles. The van der Waals surface area contributed by atoms with E-state index in [1.54, 1.807) is 12.4 Å². The molecule has 116 valence electrons. The smallest absolute Gasteiger partial charge is 0.241 e. The Kier molecular flexibility index (Phi) is 4.62. The predicted octanol–water partition coefficient (Wildman–Crippen LogP) is 0.488. The van der Waals surface area contributed by atoms with Crippen LogP contribution >= 0.6 is 0 Å². The van der Waals surface area contributed by atoms with E-state index in [0.29, 0.717) is 11.7 Å². The van der Waals surface area contributed by atoms with Crippen molar-refractivity contribution in [1.29, 1.82) is 0 Å². The van der Waals surface area contributed by atoms with E-state index in [0.717, 1.165) is 12.8 Å². The lowest BCUT2D eigenvalue weighted by Crippen LogP contribution is -2.41. The molecule has 21 heavy (non-hydrogen) atoms. The van der Waals surface area contributed by atoms with Gasteiger partial charge in [-0.3, -0.25) is 14.3 Å². The maximum atomic E-state index is 11.8. The maximum Gasteiger partial charge on any atom is 0.241 e. The van der Waals surface area contributed by atoms with Gasteiger partial charge < -0.3 is 16.0 Å². The molecule has 0 bridgehead atoms. The maximum absolute atomic E-state index is 11.8. The van der Waals surface area contributed by atoms with E-state index in [4.69, 9.17) is 0 Å². The number of carbonyl (C=O) groups is 2. The molecular weight excluding hydrogens is 270 g/mol. The first-order valence-electron chi connectivity index (χ1n) is 7.18. The fraction of sp³-hybridized carbons (Fsp3) is 0.643. The van der Waals surface area contributed by atoms with Crippen molar-refractivity contribution in [3.05, 3.63) is 12.4 Å². The molecule has 0 unspecified atom stereocenters. The van der Waals surface area contributed by atoms with Gasteiger partial charge in [0.25, 0.3) is 0 Å². The summed E-state index contributed by atoms with van der Waals surface area (Å²) in [5.41, 5.74) is 0.484. The van der Waals surface area contributed by atoms with Gasteiger partial charge in [-0.1, -0.05) is 0 Å². The van der Waals surface area contributed by atoms with Crippen LogP contribution in [0, 0.1) is 0 Å². The molecule has 0 radical (unpaired) electrons. The van der Waals surface area contributed by atoms with E-state index in [1.165, 1.54) is 4.68 Å². The molecule has 0 spiro atoms. The molecule has 2 rings (SSSR count). The number of nitrogens with zero attached hydrogens (tertiary/aromatic N) is 2. The van der Waals surface area contributed by atoms with Crippen molar-refractivity contribution in [2.45, 2.75) is 51.7 Å². The van der Waals surface area contributed by atoms with Crippen LogP contribution in [0.5, 0.6) is 0 Å². The first kappa shape index (κ1) is 15.5. The summed E-state index contributed by atoms with van der Waals surface area (Å²) in [5, 5.41) is 12.8. The van der Waals surface area contributed by atoms with Crippen LogP contribution in [0.15, 0.2) is 12.4 Å². The normalized spacial score (nSPS) is 14.8. The zero-order valence-corrected chi connectivity index (χ0v) is 12.8. The summed E-state index contributed by atoms with van der Waals surface area (Å²) >= 11 is 0. The Labute approximate surface area is 124 Å². The van der Waals surface area contributed by atoms with Crippen LogP contribution in [0.4, 0.5) is 5.69 Å². The number of carbonyl (C=O) groups excluding carboxylic acids is 2. The summed E-state index contributed by atoms with van der Waals surface area (Å²) in [5.74, 6) is -0.181. The second-order valence-electron chi connectivity index (χ2n) is 6.42. The Bertz CT molecular complexity index is 514. The minimum absolute atomic E-state index is 0.0483. The van der Waals surface area contributed by atoms with Crippen LogP contribution in [0.25, 0.3) is 0 Å². The van der Waals surface area contributed by atoms with E-state index in [9.17, 15) is 9.59 Å². The molecule has 1 aromatic rings. The highest BCUT2D eigenvalue weighted by atomic mass is 16.2. The minimum Gasteiger partial charge on any atom is -0.352 e. The van der Waals surface area contributed by atoms with Crippen molar-refractivity contribution in [3.8, 4) is 0 Å². The molecule has 1 aromatic heterocycles. The Morgan fingerprint density at radius 2 is 2.05 bits per heavy atom. The average Bonchev–Trinajstić information content (AvgIpc) is 3.06. The fourth-order valence-electron chi connectivity index (χ4n) is 1.71. The molecule has 0 atom stereocenters. The zero-order valence-electron chi connectivity index (χ0n) is 12.8. The van der Waals surface area contributed by atoms with Gasteiger partial charge in [-0.25, -0.2) is 0 Å². The van der Waals surface area contributed by atoms with Crippen LogP contribution in [-0.2, 0) is 16.1 Å². The second-order valence-corrected chi connectivity index (χ2v) is 6.42. The zero-order chi connectivity index (χ0) is 15.5. The molecular formula is C14H23N5O2. The van der Waals surface area contributed by atoms with Crippen LogP contribution in [0.1, 0.15) is 33.6 Å². The van der Waals surface area contributed by atoms with Gasteiger partial charge in [0.1, 0.15) is 6.54 Å². The summed E-state index contributed by atoms with van der Waals surface area (Å²) in [4.78, 5) is 23.4. The van der Waals surface area contributed by atoms with Crippen molar-refractivity contribution < 1.29 is 9.59 Å². The molecule has 1 aliphatic carbocycles.